The lowest BCUT2D eigenvalue weighted by atomic mass is 9.96. The normalized spacial score (nSPS) is 11.3. The van der Waals surface area contributed by atoms with Gasteiger partial charge in [-0.15, -0.1) is 0 Å². The molecule has 0 radical (unpaired) electrons. The molecule has 0 amide bonds. The van der Waals surface area contributed by atoms with Crippen LogP contribution in [-0.4, -0.2) is 24.7 Å². The summed E-state index contributed by atoms with van der Waals surface area (Å²) < 4.78 is 2.09. The number of nitrogens with zero attached hydrogens (tertiary/aromatic N) is 5. The van der Waals surface area contributed by atoms with Crippen LogP contribution in [0.15, 0.2) is 200 Å². The van der Waals surface area contributed by atoms with Crippen molar-refractivity contribution in [2.45, 2.75) is 0 Å². The quantitative estimate of drug-likeness (QED) is 0.166. The first-order valence-corrected chi connectivity index (χ1v) is 18.4. The van der Waals surface area contributed by atoms with Crippen molar-refractivity contribution in [3.8, 4) is 73.4 Å². The second-order valence-electron chi connectivity index (χ2n) is 13.6. The summed E-state index contributed by atoms with van der Waals surface area (Å²) in [6.45, 7) is 0. The van der Waals surface area contributed by atoms with Gasteiger partial charge in [-0.05, 0) is 64.0 Å². The molecule has 258 valence electrons. The monoisotopic (exact) mass is 703 g/mol. The molecule has 5 heteroatoms. The predicted molar refractivity (Wildman–Crippen MR) is 225 cm³/mol. The molecule has 0 saturated carbocycles. The zero-order valence-electron chi connectivity index (χ0n) is 29.8. The van der Waals surface area contributed by atoms with Gasteiger partial charge in [0.05, 0.1) is 11.2 Å². The fraction of sp³-hybridized carbons (Fsp3) is 0. The van der Waals surface area contributed by atoms with E-state index in [9.17, 15) is 0 Å². The van der Waals surface area contributed by atoms with Crippen LogP contribution in [-0.2, 0) is 0 Å². The molecule has 0 N–H and O–H groups in total. The fourth-order valence-corrected chi connectivity index (χ4v) is 7.35. The summed E-state index contributed by atoms with van der Waals surface area (Å²) in [7, 11) is 0. The third kappa shape index (κ3) is 6.14. The van der Waals surface area contributed by atoms with Crippen LogP contribution in [0.25, 0.3) is 95.0 Å². The Labute approximate surface area is 318 Å². The largest absolute Gasteiger partial charge is 0.232 e. The van der Waals surface area contributed by atoms with Gasteiger partial charge in [0, 0.05) is 33.0 Å². The fourth-order valence-electron chi connectivity index (χ4n) is 7.35. The van der Waals surface area contributed by atoms with Crippen LogP contribution in [0.1, 0.15) is 0 Å². The summed E-state index contributed by atoms with van der Waals surface area (Å²) in [4.78, 5) is 14.8. The lowest BCUT2D eigenvalue weighted by molar-refractivity contribution is 0.918. The van der Waals surface area contributed by atoms with Gasteiger partial charge in [0.15, 0.2) is 17.5 Å². The van der Waals surface area contributed by atoms with E-state index >= 15 is 0 Å². The van der Waals surface area contributed by atoms with Crippen LogP contribution in [0.3, 0.4) is 0 Å². The molecular formula is C50H33N5. The second kappa shape index (κ2) is 13.8. The standard InChI is InChI=1S/C50H33N5/c1-4-16-35(17-5-1)48-51-49(36-18-6-2-7-19-36)53-50(52-48)42-25-14-23-40(33-42)38-21-12-20-37(31-38)39-22-13-24-41(32-39)46-45-30-29-34-15-10-11-28-44(34)47(45)55(54-46)43-26-8-3-9-27-43/h1-33H. The number of aromatic nitrogens is 5. The molecule has 5 nitrogen and oxygen atoms in total. The van der Waals surface area contributed by atoms with Crippen molar-refractivity contribution in [1.82, 2.24) is 24.7 Å². The van der Waals surface area contributed by atoms with E-state index in [2.05, 4.69) is 138 Å². The van der Waals surface area contributed by atoms with Crippen LogP contribution in [0, 0.1) is 0 Å². The molecule has 0 bridgehead atoms. The Morgan fingerprint density at radius 3 is 1.35 bits per heavy atom. The first kappa shape index (κ1) is 32.2. The van der Waals surface area contributed by atoms with E-state index < -0.39 is 0 Å². The minimum absolute atomic E-state index is 0.633. The minimum atomic E-state index is 0.633. The van der Waals surface area contributed by atoms with E-state index in [0.717, 1.165) is 66.8 Å². The Hall–Kier alpha value is -7.50. The van der Waals surface area contributed by atoms with Gasteiger partial charge in [-0.3, -0.25) is 0 Å². The van der Waals surface area contributed by atoms with Crippen molar-refractivity contribution in [2.24, 2.45) is 0 Å². The number of fused-ring (bicyclic) bond motifs is 3. The average molecular weight is 704 g/mol. The third-order valence-electron chi connectivity index (χ3n) is 10.1. The third-order valence-corrected chi connectivity index (χ3v) is 10.1. The molecule has 0 fully saturated rings. The molecule has 2 heterocycles. The maximum absolute atomic E-state index is 5.27. The lowest BCUT2D eigenvalue weighted by Gasteiger charge is -2.11. The Bertz CT molecular complexity index is 2910. The molecule has 55 heavy (non-hydrogen) atoms. The molecule has 0 saturated heterocycles. The average Bonchev–Trinajstić information content (AvgIpc) is 3.68. The van der Waals surface area contributed by atoms with E-state index in [0.29, 0.717) is 17.5 Å². The topological polar surface area (TPSA) is 56.5 Å². The molecule has 8 aromatic carbocycles. The van der Waals surface area contributed by atoms with Gasteiger partial charge >= 0.3 is 0 Å². The van der Waals surface area contributed by atoms with Gasteiger partial charge in [-0.25, -0.2) is 19.6 Å². The number of hydrogen-bond acceptors (Lipinski definition) is 4. The van der Waals surface area contributed by atoms with E-state index in [1.807, 2.05) is 66.7 Å². The highest BCUT2D eigenvalue weighted by molar-refractivity contribution is 6.10. The van der Waals surface area contributed by atoms with Crippen LogP contribution >= 0.6 is 0 Å². The molecule has 0 spiro atoms. The van der Waals surface area contributed by atoms with Gasteiger partial charge in [-0.1, -0.05) is 164 Å². The van der Waals surface area contributed by atoms with E-state index in [-0.39, 0.29) is 0 Å². The SMILES string of the molecule is c1ccc(-c2nc(-c3ccccc3)nc(-c3cccc(-c4cccc(-c5cccc(-c6nn(-c7ccccc7)c7c6ccc6ccccc67)c5)c4)c3)n2)cc1. The smallest absolute Gasteiger partial charge is 0.164 e. The van der Waals surface area contributed by atoms with Gasteiger partial charge < -0.3 is 0 Å². The van der Waals surface area contributed by atoms with Gasteiger partial charge in [0.1, 0.15) is 5.69 Å². The molecule has 0 aliphatic carbocycles. The van der Waals surface area contributed by atoms with Crippen LogP contribution < -0.4 is 0 Å². The predicted octanol–water partition coefficient (Wildman–Crippen LogP) is 12.4. The van der Waals surface area contributed by atoms with Crippen LogP contribution in [0.5, 0.6) is 0 Å². The number of rotatable bonds is 7. The second-order valence-corrected chi connectivity index (χ2v) is 13.6. The Kier molecular flexibility index (Phi) is 8.08. The molecule has 0 atom stereocenters. The maximum atomic E-state index is 5.27. The minimum Gasteiger partial charge on any atom is -0.232 e. The zero-order valence-corrected chi connectivity index (χ0v) is 29.8. The van der Waals surface area contributed by atoms with Crippen molar-refractivity contribution in [2.75, 3.05) is 0 Å². The molecule has 10 rings (SSSR count). The first-order chi connectivity index (χ1) is 27.2. The summed E-state index contributed by atoms with van der Waals surface area (Å²) in [6, 6.07) is 69.3. The van der Waals surface area contributed by atoms with Crippen LogP contribution in [0.2, 0.25) is 0 Å². The molecule has 0 aliphatic rings. The number of para-hydroxylation sites is 1. The summed E-state index contributed by atoms with van der Waals surface area (Å²) >= 11 is 0. The van der Waals surface area contributed by atoms with Crippen LogP contribution in [0.4, 0.5) is 0 Å². The number of benzene rings is 8. The van der Waals surface area contributed by atoms with Gasteiger partial charge in [-0.2, -0.15) is 5.10 Å². The van der Waals surface area contributed by atoms with Crippen molar-refractivity contribution >= 4 is 21.7 Å². The Morgan fingerprint density at radius 1 is 0.309 bits per heavy atom. The first-order valence-electron chi connectivity index (χ1n) is 18.4. The van der Waals surface area contributed by atoms with Gasteiger partial charge in [0.25, 0.3) is 0 Å². The highest BCUT2D eigenvalue weighted by Crippen LogP contribution is 2.37. The van der Waals surface area contributed by atoms with Gasteiger partial charge in [0.2, 0.25) is 0 Å². The van der Waals surface area contributed by atoms with Crippen molar-refractivity contribution in [3.05, 3.63) is 200 Å². The maximum Gasteiger partial charge on any atom is 0.164 e. The zero-order chi connectivity index (χ0) is 36.6. The molecule has 10 aromatic rings. The summed E-state index contributed by atoms with van der Waals surface area (Å²) in [5, 5.41) is 8.76. The summed E-state index contributed by atoms with van der Waals surface area (Å²) in [5.74, 6) is 1.92. The van der Waals surface area contributed by atoms with Crippen molar-refractivity contribution in [1.29, 1.82) is 0 Å². The van der Waals surface area contributed by atoms with E-state index in [1.54, 1.807) is 0 Å². The highest BCUT2D eigenvalue weighted by Gasteiger charge is 2.17. The molecule has 2 aromatic heterocycles. The van der Waals surface area contributed by atoms with E-state index in [1.165, 1.54) is 10.8 Å². The van der Waals surface area contributed by atoms with Crippen molar-refractivity contribution < 1.29 is 0 Å². The molecule has 0 unspecified atom stereocenters. The van der Waals surface area contributed by atoms with E-state index in [4.69, 9.17) is 20.1 Å². The van der Waals surface area contributed by atoms with Crippen molar-refractivity contribution in [3.63, 3.8) is 0 Å². The Morgan fingerprint density at radius 2 is 0.745 bits per heavy atom. The molecule has 0 aliphatic heterocycles. The lowest BCUT2D eigenvalue weighted by Crippen LogP contribution is -2.00. The highest BCUT2D eigenvalue weighted by atomic mass is 15.3. The molecular weight excluding hydrogens is 671 g/mol. The Balaban J connectivity index is 1.04. The summed E-state index contributed by atoms with van der Waals surface area (Å²) in [6.07, 6.45) is 0. The number of hydrogen-bond donors (Lipinski definition) is 0. The summed E-state index contributed by atoms with van der Waals surface area (Å²) in [5.41, 5.74) is 11.4.